The van der Waals surface area contributed by atoms with Gasteiger partial charge in [-0.05, 0) is 50.3 Å². The van der Waals surface area contributed by atoms with Gasteiger partial charge in [-0.25, -0.2) is 4.98 Å². The molecule has 3 aromatic rings. The zero-order valence-electron chi connectivity index (χ0n) is 15.7. The highest BCUT2D eigenvalue weighted by atomic mass is 16.5. The van der Waals surface area contributed by atoms with Crippen LogP contribution in [-0.2, 0) is 13.0 Å². The highest BCUT2D eigenvalue weighted by Crippen LogP contribution is 2.22. The van der Waals surface area contributed by atoms with Gasteiger partial charge in [-0.2, -0.15) is 0 Å². The van der Waals surface area contributed by atoms with Crippen molar-refractivity contribution in [3.05, 3.63) is 71.6 Å². The lowest BCUT2D eigenvalue weighted by Crippen LogP contribution is -2.16. The number of rotatable bonds is 8. The molecule has 26 heavy (non-hydrogen) atoms. The third kappa shape index (κ3) is 4.73. The molecule has 0 unspecified atom stereocenters. The van der Waals surface area contributed by atoms with E-state index < -0.39 is 0 Å². The number of ether oxygens (including phenoxy) is 1. The molecule has 1 heterocycles. The van der Waals surface area contributed by atoms with E-state index in [1.165, 1.54) is 5.56 Å². The Hall–Kier alpha value is -2.59. The zero-order chi connectivity index (χ0) is 18.4. The fourth-order valence-corrected chi connectivity index (χ4v) is 2.74. The summed E-state index contributed by atoms with van der Waals surface area (Å²) < 4.78 is 11.7. The Morgan fingerprint density at radius 2 is 1.77 bits per heavy atom. The number of aromatic nitrogens is 1. The summed E-state index contributed by atoms with van der Waals surface area (Å²) in [7, 11) is 2.12. The highest BCUT2D eigenvalue weighted by Gasteiger charge is 2.11. The van der Waals surface area contributed by atoms with E-state index >= 15 is 0 Å². The van der Waals surface area contributed by atoms with Crippen LogP contribution in [0.5, 0.6) is 5.75 Å². The molecule has 0 saturated carbocycles. The van der Waals surface area contributed by atoms with Crippen molar-refractivity contribution in [3.8, 4) is 17.2 Å². The molecule has 0 N–H and O–H groups in total. The van der Waals surface area contributed by atoms with E-state index in [1.54, 1.807) is 0 Å². The third-order valence-corrected chi connectivity index (χ3v) is 4.44. The molecule has 0 fully saturated rings. The van der Waals surface area contributed by atoms with E-state index in [9.17, 15) is 0 Å². The number of hydrogen-bond donors (Lipinski definition) is 0. The summed E-state index contributed by atoms with van der Waals surface area (Å²) in [5, 5.41) is 0. The molecule has 0 aliphatic heterocycles. The van der Waals surface area contributed by atoms with Crippen LogP contribution in [0.25, 0.3) is 11.5 Å². The van der Waals surface area contributed by atoms with E-state index in [0.717, 1.165) is 42.3 Å². The van der Waals surface area contributed by atoms with Gasteiger partial charge in [0.05, 0.1) is 12.3 Å². The average molecular weight is 350 g/mol. The molecule has 2 aromatic carbocycles. The zero-order valence-corrected chi connectivity index (χ0v) is 15.7. The first-order chi connectivity index (χ1) is 12.7. The number of oxazole rings is 1. The van der Waals surface area contributed by atoms with Crippen molar-refractivity contribution in [2.75, 3.05) is 20.2 Å². The largest absolute Gasteiger partial charge is 0.493 e. The topological polar surface area (TPSA) is 38.5 Å². The second kappa shape index (κ2) is 8.68. The molecule has 4 nitrogen and oxygen atoms in total. The third-order valence-electron chi connectivity index (χ3n) is 4.44. The summed E-state index contributed by atoms with van der Waals surface area (Å²) in [6.45, 7) is 6.69. The summed E-state index contributed by atoms with van der Waals surface area (Å²) in [6, 6.07) is 18.3. The van der Waals surface area contributed by atoms with Crippen LogP contribution in [0.3, 0.4) is 0 Å². The maximum absolute atomic E-state index is 5.87. The summed E-state index contributed by atoms with van der Waals surface area (Å²) in [4.78, 5) is 6.89. The lowest BCUT2D eigenvalue weighted by Gasteiger charge is -2.14. The second-order valence-corrected chi connectivity index (χ2v) is 6.46. The molecule has 0 atom stereocenters. The van der Waals surface area contributed by atoms with Crippen LogP contribution in [0.1, 0.15) is 23.9 Å². The quantitative estimate of drug-likeness (QED) is 0.589. The monoisotopic (exact) mass is 350 g/mol. The van der Waals surface area contributed by atoms with Gasteiger partial charge in [0.25, 0.3) is 0 Å². The SMILES string of the molecule is CCN(C)Cc1ccc(OCCc2nc(-c3ccccc3)oc2C)cc1. The van der Waals surface area contributed by atoms with Gasteiger partial charge < -0.3 is 14.1 Å². The van der Waals surface area contributed by atoms with Gasteiger partial charge in [0, 0.05) is 18.5 Å². The van der Waals surface area contributed by atoms with Gasteiger partial charge in [0.2, 0.25) is 5.89 Å². The first kappa shape index (κ1) is 18.2. The minimum Gasteiger partial charge on any atom is -0.493 e. The molecule has 136 valence electrons. The second-order valence-electron chi connectivity index (χ2n) is 6.46. The average Bonchev–Trinajstić information content (AvgIpc) is 3.04. The van der Waals surface area contributed by atoms with Crippen molar-refractivity contribution < 1.29 is 9.15 Å². The van der Waals surface area contributed by atoms with E-state index in [0.29, 0.717) is 12.5 Å². The fourth-order valence-electron chi connectivity index (χ4n) is 2.74. The lowest BCUT2D eigenvalue weighted by molar-refractivity contribution is 0.319. The maximum Gasteiger partial charge on any atom is 0.226 e. The van der Waals surface area contributed by atoms with Crippen LogP contribution in [-0.4, -0.2) is 30.1 Å². The minimum atomic E-state index is 0.579. The molecule has 0 aliphatic carbocycles. The first-order valence-corrected chi connectivity index (χ1v) is 9.07. The Morgan fingerprint density at radius 1 is 1.04 bits per heavy atom. The van der Waals surface area contributed by atoms with Crippen LogP contribution in [0, 0.1) is 6.92 Å². The molecular weight excluding hydrogens is 324 g/mol. The normalized spacial score (nSPS) is 11.1. The molecule has 0 spiro atoms. The van der Waals surface area contributed by atoms with Crippen molar-refractivity contribution in [3.63, 3.8) is 0 Å². The van der Waals surface area contributed by atoms with E-state index in [-0.39, 0.29) is 0 Å². The molecule has 4 heteroatoms. The maximum atomic E-state index is 5.87. The Labute approximate surface area is 155 Å². The molecule has 0 bridgehead atoms. The molecule has 3 rings (SSSR count). The molecule has 0 amide bonds. The van der Waals surface area contributed by atoms with Gasteiger partial charge in [0.1, 0.15) is 11.5 Å². The summed E-state index contributed by atoms with van der Waals surface area (Å²) in [6.07, 6.45) is 0.725. The van der Waals surface area contributed by atoms with Crippen LogP contribution in [0.4, 0.5) is 0 Å². The van der Waals surface area contributed by atoms with Crippen molar-refractivity contribution in [1.82, 2.24) is 9.88 Å². The van der Waals surface area contributed by atoms with Crippen molar-refractivity contribution in [2.24, 2.45) is 0 Å². The Balaban J connectivity index is 1.54. The molecule has 0 aliphatic rings. The number of nitrogens with zero attached hydrogens (tertiary/aromatic N) is 2. The van der Waals surface area contributed by atoms with Crippen molar-refractivity contribution in [2.45, 2.75) is 26.8 Å². The highest BCUT2D eigenvalue weighted by molar-refractivity contribution is 5.53. The Morgan fingerprint density at radius 3 is 2.46 bits per heavy atom. The predicted molar refractivity (Wildman–Crippen MR) is 104 cm³/mol. The van der Waals surface area contributed by atoms with E-state index in [2.05, 4.69) is 36.0 Å². The summed E-state index contributed by atoms with van der Waals surface area (Å²) >= 11 is 0. The first-order valence-electron chi connectivity index (χ1n) is 9.07. The van der Waals surface area contributed by atoms with E-state index in [4.69, 9.17) is 9.15 Å². The summed E-state index contributed by atoms with van der Waals surface area (Å²) in [5.41, 5.74) is 3.24. The van der Waals surface area contributed by atoms with Gasteiger partial charge in [0.15, 0.2) is 0 Å². The van der Waals surface area contributed by atoms with Crippen LogP contribution in [0.2, 0.25) is 0 Å². The smallest absolute Gasteiger partial charge is 0.226 e. The van der Waals surface area contributed by atoms with Gasteiger partial charge in [-0.3, -0.25) is 0 Å². The summed E-state index contributed by atoms with van der Waals surface area (Å²) in [5.74, 6) is 2.41. The molecular formula is C22H26N2O2. The minimum absolute atomic E-state index is 0.579. The van der Waals surface area contributed by atoms with E-state index in [1.807, 2.05) is 49.4 Å². The van der Waals surface area contributed by atoms with Crippen LogP contribution >= 0.6 is 0 Å². The Kier molecular flexibility index (Phi) is 6.08. The molecule has 0 radical (unpaired) electrons. The number of hydrogen-bond acceptors (Lipinski definition) is 4. The van der Waals surface area contributed by atoms with Crippen molar-refractivity contribution >= 4 is 0 Å². The predicted octanol–water partition coefficient (Wildman–Crippen LogP) is 4.72. The van der Waals surface area contributed by atoms with Gasteiger partial charge in [-0.15, -0.1) is 0 Å². The van der Waals surface area contributed by atoms with Crippen LogP contribution < -0.4 is 4.74 Å². The number of aryl methyl sites for hydroxylation is 1. The standard InChI is InChI=1S/C22H26N2O2/c1-4-24(3)16-18-10-12-20(13-11-18)25-15-14-21-17(2)26-22(23-21)19-8-6-5-7-9-19/h5-13H,4,14-16H2,1-3H3. The van der Waals surface area contributed by atoms with Gasteiger partial charge in [-0.1, -0.05) is 37.3 Å². The Bertz CT molecular complexity index is 810. The lowest BCUT2D eigenvalue weighted by atomic mass is 10.2. The molecule has 1 aromatic heterocycles. The fraction of sp³-hybridized carbons (Fsp3) is 0.318. The van der Waals surface area contributed by atoms with Crippen molar-refractivity contribution in [1.29, 1.82) is 0 Å². The molecule has 0 saturated heterocycles. The van der Waals surface area contributed by atoms with Crippen LogP contribution in [0.15, 0.2) is 59.0 Å². The number of benzene rings is 2. The van der Waals surface area contributed by atoms with Gasteiger partial charge >= 0.3 is 0 Å².